The zero-order valence-electron chi connectivity index (χ0n) is 6.29. The maximum absolute atomic E-state index is 10.0. The highest BCUT2D eigenvalue weighted by Gasteiger charge is 2.12. The van der Waals surface area contributed by atoms with Gasteiger partial charge in [-0.15, -0.1) is 0 Å². The van der Waals surface area contributed by atoms with Crippen LogP contribution in [0.25, 0.3) is 0 Å². The van der Waals surface area contributed by atoms with Crippen molar-refractivity contribution in [2.24, 2.45) is 5.73 Å². The van der Waals surface area contributed by atoms with E-state index in [1.165, 1.54) is 0 Å². The van der Waals surface area contributed by atoms with Gasteiger partial charge in [0, 0.05) is 10.8 Å². The van der Waals surface area contributed by atoms with Crippen LogP contribution in [-0.4, -0.2) is 11.7 Å². The van der Waals surface area contributed by atoms with Crippen molar-refractivity contribution < 1.29 is 9.53 Å². The molecule has 0 heterocycles. The van der Waals surface area contributed by atoms with Crippen LogP contribution in [0.5, 0.6) is 0 Å². The molecule has 5 nitrogen and oxygen atoms in total. The Labute approximate surface area is 59.6 Å². The van der Waals surface area contributed by atoms with Crippen molar-refractivity contribution in [2.75, 3.05) is 0 Å². The molecule has 0 rings (SSSR count). The van der Waals surface area contributed by atoms with E-state index in [4.69, 9.17) is 16.5 Å². The smallest absolute Gasteiger partial charge is 0.405 e. The Morgan fingerprint density at radius 1 is 1.40 bits per heavy atom. The van der Waals surface area contributed by atoms with Gasteiger partial charge in [-0.2, -0.15) is 0 Å². The van der Waals surface area contributed by atoms with E-state index >= 15 is 0 Å². The minimum Gasteiger partial charge on any atom is -0.444 e. The summed E-state index contributed by atoms with van der Waals surface area (Å²) in [6, 6.07) is 0. The van der Waals surface area contributed by atoms with Crippen LogP contribution >= 0.6 is 0 Å². The van der Waals surface area contributed by atoms with Gasteiger partial charge in [-0.25, -0.2) is 4.79 Å². The van der Waals surface area contributed by atoms with E-state index in [1.807, 2.05) is 0 Å². The number of hydrogen-bond donors (Lipinski definition) is 1. The lowest BCUT2D eigenvalue weighted by Gasteiger charge is -2.16. The number of carbonyl (C=O) groups excluding carboxylic acids is 1. The fourth-order valence-corrected chi connectivity index (χ4v) is 0.302. The summed E-state index contributed by atoms with van der Waals surface area (Å²) in [5.41, 5.74) is 4.26. The monoisotopic (exact) mass is 145 g/mol. The quantitative estimate of drug-likeness (QED) is 0.512. The van der Waals surface area contributed by atoms with Crippen molar-refractivity contribution in [1.29, 1.82) is 10.8 Å². The van der Waals surface area contributed by atoms with Crippen LogP contribution in [0.4, 0.5) is 4.79 Å². The molecule has 1 amide bonds. The largest absolute Gasteiger partial charge is 0.444 e. The molecule has 0 bridgehead atoms. The van der Waals surface area contributed by atoms with Crippen molar-refractivity contribution in [3.8, 4) is 0 Å². The first-order chi connectivity index (χ1) is 4.42. The van der Waals surface area contributed by atoms with Crippen LogP contribution < -0.4 is 5.73 Å². The van der Waals surface area contributed by atoms with Gasteiger partial charge < -0.3 is 10.5 Å². The van der Waals surface area contributed by atoms with Gasteiger partial charge in [0.1, 0.15) is 5.60 Å². The highest BCUT2D eigenvalue weighted by Crippen LogP contribution is 2.04. The molecule has 0 spiro atoms. The number of hydrogen-bond acceptors (Lipinski definition) is 4. The normalized spacial score (nSPS) is 8.90. The summed E-state index contributed by atoms with van der Waals surface area (Å²) in [6.07, 6.45) is -0.725. The lowest BCUT2D eigenvalue weighted by molar-refractivity contribution is 0.0600. The van der Waals surface area contributed by atoms with Crippen LogP contribution in [0.1, 0.15) is 20.8 Å². The molecule has 0 aliphatic carbocycles. The molecule has 0 atom stereocenters. The summed E-state index contributed by atoms with van der Waals surface area (Å²) in [7, 11) is 0. The van der Waals surface area contributed by atoms with Crippen molar-refractivity contribution >= 4 is 6.09 Å². The number of primary amides is 1. The van der Waals surface area contributed by atoms with Gasteiger partial charge in [-0.3, -0.25) is 0 Å². The molecule has 0 aliphatic heterocycles. The topological polar surface area (TPSA) is 99.9 Å². The second-order valence-electron chi connectivity index (χ2n) is 2.53. The minimum absolute atomic E-state index is 0.453. The zero-order chi connectivity index (χ0) is 8.78. The number of carbonyl (C=O) groups is 1. The third-order valence-electron chi connectivity index (χ3n) is 0.407. The van der Waals surface area contributed by atoms with Crippen molar-refractivity contribution in [3.05, 3.63) is 0 Å². The van der Waals surface area contributed by atoms with E-state index in [0.29, 0.717) is 0 Å². The van der Waals surface area contributed by atoms with Crippen LogP contribution in [0.3, 0.4) is 0 Å². The van der Waals surface area contributed by atoms with E-state index in [2.05, 4.69) is 4.74 Å². The van der Waals surface area contributed by atoms with Gasteiger partial charge in [0.15, 0.2) is 0 Å². The summed E-state index contributed by atoms with van der Waals surface area (Å²) >= 11 is 0. The summed E-state index contributed by atoms with van der Waals surface area (Å²) in [6.45, 7) is 5.28. The van der Waals surface area contributed by atoms with E-state index in [0.717, 1.165) is 0 Å². The molecule has 5 heteroatoms. The SMILES string of the molecule is CC(C)(C)OC(N)=O.N#N. The van der Waals surface area contributed by atoms with Crippen molar-refractivity contribution in [1.82, 2.24) is 0 Å². The summed E-state index contributed by atoms with van der Waals surface area (Å²) < 4.78 is 4.58. The summed E-state index contributed by atoms with van der Waals surface area (Å²) in [5, 5.41) is 12.0. The first-order valence-electron chi connectivity index (χ1n) is 2.60. The molecule has 0 radical (unpaired) electrons. The molecule has 0 aromatic heterocycles. The Kier molecular flexibility index (Phi) is 5.23. The molecule has 0 saturated carbocycles. The molecule has 2 N–H and O–H groups in total. The lowest BCUT2D eigenvalue weighted by Crippen LogP contribution is -2.27. The van der Waals surface area contributed by atoms with Gasteiger partial charge in [-0.1, -0.05) is 0 Å². The van der Waals surface area contributed by atoms with Gasteiger partial charge >= 0.3 is 6.09 Å². The van der Waals surface area contributed by atoms with E-state index in [9.17, 15) is 4.79 Å². The van der Waals surface area contributed by atoms with E-state index in [1.54, 1.807) is 20.8 Å². The number of ether oxygens (including phenoxy) is 1. The number of nitrogens with two attached hydrogens (primary N) is 1. The molecule has 0 aliphatic rings. The molecule has 0 unspecified atom stereocenters. The third kappa shape index (κ3) is 15.9. The highest BCUT2D eigenvalue weighted by atomic mass is 16.6. The van der Waals surface area contributed by atoms with Crippen LogP contribution in [0.2, 0.25) is 0 Å². The second-order valence-corrected chi connectivity index (χ2v) is 2.53. The molecule has 58 valence electrons. The van der Waals surface area contributed by atoms with Crippen LogP contribution in [0, 0.1) is 10.8 Å². The fraction of sp³-hybridized carbons (Fsp3) is 0.800. The van der Waals surface area contributed by atoms with Gasteiger partial charge in [0.2, 0.25) is 0 Å². The Morgan fingerprint density at radius 3 is 1.70 bits per heavy atom. The highest BCUT2D eigenvalue weighted by molar-refractivity contribution is 5.65. The van der Waals surface area contributed by atoms with Gasteiger partial charge in [-0.05, 0) is 20.8 Å². The molecular formula is C5H11N3O2. The maximum atomic E-state index is 10.0. The van der Waals surface area contributed by atoms with Crippen LogP contribution in [0.15, 0.2) is 0 Å². The molecule has 10 heavy (non-hydrogen) atoms. The van der Waals surface area contributed by atoms with Gasteiger partial charge in [0.25, 0.3) is 0 Å². The molecule has 0 saturated heterocycles. The summed E-state index contributed by atoms with van der Waals surface area (Å²) in [4.78, 5) is 10.0. The molecule has 0 aromatic carbocycles. The Balaban J connectivity index is 0. The van der Waals surface area contributed by atoms with Crippen molar-refractivity contribution in [3.63, 3.8) is 0 Å². The maximum Gasteiger partial charge on any atom is 0.405 e. The first kappa shape index (κ1) is 11.5. The zero-order valence-corrected chi connectivity index (χ0v) is 6.29. The number of amides is 1. The average Bonchev–Trinajstić information content (AvgIpc) is 1.64. The average molecular weight is 145 g/mol. The molecular weight excluding hydrogens is 134 g/mol. The standard InChI is InChI=1S/C5H11NO2.N2/c1-5(2,3)8-4(6)7;1-2/h1-3H3,(H2,6,7);. The Morgan fingerprint density at radius 2 is 1.70 bits per heavy atom. The predicted octanol–water partition coefficient (Wildman–Crippen LogP) is 0.910. The summed E-state index contributed by atoms with van der Waals surface area (Å²) in [5.74, 6) is 0. The Hall–Kier alpha value is -1.31. The predicted molar refractivity (Wildman–Crippen MR) is 33.9 cm³/mol. The number of nitrogens with zero attached hydrogens (tertiary/aromatic N) is 2. The lowest BCUT2D eigenvalue weighted by atomic mass is 10.2. The fourth-order valence-electron chi connectivity index (χ4n) is 0.302. The van der Waals surface area contributed by atoms with E-state index in [-0.39, 0.29) is 0 Å². The minimum atomic E-state index is -0.725. The second kappa shape index (κ2) is 4.56. The van der Waals surface area contributed by atoms with Crippen LogP contribution in [-0.2, 0) is 4.74 Å². The molecule has 0 aromatic rings. The third-order valence-corrected chi connectivity index (χ3v) is 0.407. The first-order valence-corrected chi connectivity index (χ1v) is 2.60. The van der Waals surface area contributed by atoms with Crippen molar-refractivity contribution in [2.45, 2.75) is 26.4 Å². The Bertz CT molecular complexity index is 125. The molecule has 0 fully saturated rings. The number of rotatable bonds is 0. The van der Waals surface area contributed by atoms with E-state index < -0.39 is 11.7 Å². The van der Waals surface area contributed by atoms with Gasteiger partial charge in [0.05, 0.1) is 0 Å².